The molecular formula is C5H10KO8P. The SMILES string of the molecule is COC(COP(=O)(O)O)(OC)C(=O)[O-].[K+]. The van der Waals surface area contributed by atoms with E-state index in [0.717, 1.165) is 14.2 Å². The van der Waals surface area contributed by atoms with Crippen molar-refractivity contribution in [2.45, 2.75) is 5.79 Å². The molecule has 10 heteroatoms. The number of methoxy groups -OCH3 is 2. The molecule has 0 unspecified atom stereocenters. The average Bonchev–Trinajstić information content (AvgIpc) is 2.04. The fourth-order valence-corrected chi connectivity index (χ4v) is 0.934. The summed E-state index contributed by atoms with van der Waals surface area (Å²) in [5.41, 5.74) is 0. The molecule has 0 rings (SSSR count). The first-order chi connectivity index (χ1) is 6.27. The molecule has 2 N–H and O–H groups in total. The number of hydrogen-bond acceptors (Lipinski definition) is 6. The van der Waals surface area contributed by atoms with Crippen molar-refractivity contribution in [3.63, 3.8) is 0 Å². The van der Waals surface area contributed by atoms with Crippen LogP contribution < -0.4 is 56.5 Å². The average molecular weight is 268 g/mol. The molecule has 0 radical (unpaired) electrons. The normalized spacial score (nSPS) is 12.0. The Morgan fingerprint density at radius 1 is 1.40 bits per heavy atom. The van der Waals surface area contributed by atoms with Gasteiger partial charge in [0.05, 0.1) is 0 Å². The topological polar surface area (TPSA) is 125 Å². The standard InChI is InChI=1S/C5H11O8P.K/c1-11-5(12-2,4(6)7)3-13-14(8,9)10;/h3H2,1-2H3,(H,6,7)(H2,8,9,10);/q;+1/p-1. The number of aliphatic carboxylic acids is 1. The van der Waals surface area contributed by atoms with Crippen LogP contribution in [0.3, 0.4) is 0 Å². The first-order valence-electron chi connectivity index (χ1n) is 3.29. The Kier molecular flexibility index (Phi) is 9.20. The predicted octanol–water partition coefficient (Wildman–Crippen LogP) is -5.16. The van der Waals surface area contributed by atoms with Crippen LogP contribution in [0.1, 0.15) is 0 Å². The summed E-state index contributed by atoms with van der Waals surface area (Å²) in [5.74, 6) is -4.11. The van der Waals surface area contributed by atoms with Gasteiger partial charge in [0.2, 0.25) is 5.79 Å². The predicted molar refractivity (Wildman–Crippen MR) is 39.8 cm³/mol. The first-order valence-corrected chi connectivity index (χ1v) is 4.82. The molecule has 0 bridgehead atoms. The Morgan fingerprint density at radius 3 is 2.00 bits per heavy atom. The minimum absolute atomic E-state index is 0. The number of phosphoric ester groups is 1. The van der Waals surface area contributed by atoms with Gasteiger partial charge >= 0.3 is 59.2 Å². The van der Waals surface area contributed by atoms with Crippen LogP contribution >= 0.6 is 7.82 Å². The van der Waals surface area contributed by atoms with E-state index in [0.29, 0.717) is 0 Å². The number of carbonyl (C=O) groups is 1. The molecule has 0 aromatic heterocycles. The third kappa shape index (κ3) is 6.44. The van der Waals surface area contributed by atoms with E-state index < -0.39 is 26.2 Å². The molecule has 0 spiro atoms. The van der Waals surface area contributed by atoms with Gasteiger partial charge < -0.3 is 29.2 Å². The van der Waals surface area contributed by atoms with E-state index in [1.165, 1.54) is 0 Å². The van der Waals surface area contributed by atoms with E-state index in [2.05, 4.69) is 14.0 Å². The number of ether oxygens (including phenoxy) is 2. The van der Waals surface area contributed by atoms with Crippen LogP contribution in [0.5, 0.6) is 0 Å². The summed E-state index contributed by atoms with van der Waals surface area (Å²) in [6, 6.07) is 0. The molecule has 0 aliphatic carbocycles. The maximum Gasteiger partial charge on any atom is 1.00 e. The zero-order chi connectivity index (χ0) is 11.4. The molecule has 0 aromatic rings. The largest absolute Gasteiger partial charge is 1.00 e. The van der Waals surface area contributed by atoms with Gasteiger partial charge in [0, 0.05) is 14.2 Å². The number of rotatable bonds is 6. The van der Waals surface area contributed by atoms with Crippen LogP contribution in [0, 0.1) is 0 Å². The molecule has 0 heterocycles. The van der Waals surface area contributed by atoms with Gasteiger partial charge in [0.1, 0.15) is 12.6 Å². The summed E-state index contributed by atoms with van der Waals surface area (Å²) in [6.07, 6.45) is 0. The fraction of sp³-hybridized carbons (Fsp3) is 0.800. The van der Waals surface area contributed by atoms with Crippen molar-refractivity contribution in [2.75, 3.05) is 20.8 Å². The summed E-state index contributed by atoms with van der Waals surface area (Å²) in [4.78, 5) is 27.1. The van der Waals surface area contributed by atoms with Gasteiger partial charge in [-0.3, -0.25) is 4.52 Å². The van der Waals surface area contributed by atoms with Crippen molar-refractivity contribution in [2.24, 2.45) is 0 Å². The Balaban J connectivity index is 0. The van der Waals surface area contributed by atoms with E-state index >= 15 is 0 Å². The minimum atomic E-state index is -4.78. The van der Waals surface area contributed by atoms with Crippen molar-refractivity contribution < 1.29 is 89.6 Å². The zero-order valence-corrected chi connectivity index (χ0v) is 12.5. The van der Waals surface area contributed by atoms with E-state index in [1.54, 1.807) is 0 Å². The third-order valence-corrected chi connectivity index (χ3v) is 1.86. The van der Waals surface area contributed by atoms with Crippen molar-refractivity contribution in [1.29, 1.82) is 0 Å². The maximum atomic E-state index is 10.5. The van der Waals surface area contributed by atoms with Crippen LogP contribution in [-0.4, -0.2) is 42.4 Å². The summed E-state index contributed by atoms with van der Waals surface area (Å²) < 4.78 is 23.0. The van der Waals surface area contributed by atoms with Gasteiger partial charge in [-0.05, 0) is 0 Å². The van der Waals surface area contributed by atoms with Crippen LogP contribution in [0.15, 0.2) is 0 Å². The molecule has 0 aromatic carbocycles. The van der Waals surface area contributed by atoms with Crippen molar-refractivity contribution in [3.8, 4) is 0 Å². The van der Waals surface area contributed by atoms with E-state index in [4.69, 9.17) is 9.79 Å². The molecule has 8 nitrogen and oxygen atoms in total. The smallest absolute Gasteiger partial charge is 0.544 e. The van der Waals surface area contributed by atoms with E-state index in [-0.39, 0.29) is 51.4 Å². The van der Waals surface area contributed by atoms with E-state index in [1.807, 2.05) is 0 Å². The van der Waals surface area contributed by atoms with Crippen molar-refractivity contribution >= 4 is 13.8 Å². The second-order valence-corrected chi connectivity index (χ2v) is 3.45. The molecule has 0 amide bonds. The Hall–Kier alpha value is 1.14. The first kappa shape index (κ1) is 18.5. The molecule has 0 saturated heterocycles. The van der Waals surface area contributed by atoms with E-state index in [9.17, 15) is 14.5 Å². The molecule has 84 valence electrons. The van der Waals surface area contributed by atoms with Gasteiger partial charge in [0.15, 0.2) is 0 Å². The second-order valence-electron chi connectivity index (χ2n) is 2.21. The maximum absolute atomic E-state index is 10.5. The number of hydrogen-bond donors (Lipinski definition) is 2. The Labute approximate surface area is 129 Å². The number of carboxylic acids is 1. The van der Waals surface area contributed by atoms with Crippen molar-refractivity contribution in [3.05, 3.63) is 0 Å². The summed E-state index contributed by atoms with van der Waals surface area (Å²) in [6.45, 7) is -0.980. The Morgan fingerprint density at radius 2 is 1.80 bits per heavy atom. The summed E-state index contributed by atoms with van der Waals surface area (Å²) >= 11 is 0. The van der Waals surface area contributed by atoms with Crippen LogP contribution in [0.4, 0.5) is 0 Å². The fourth-order valence-electron chi connectivity index (χ4n) is 0.596. The monoisotopic (exact) mass is 268 g/mol. The number of carboxylic acid groups (broad SMARTS) is 1. The van der Waals surface area contributed by atoms with Crippen LogP contribution in [0.2, 0.25) is 0 Å². The van der Waals surface area contributed by atoms with Crippen molar-refractivity contribution in [1.82, 2.24) is 0 Å². The third-order valence-electron chi connectivity index (χ3n) is 1.39. The molecular weight excluding hydrogens is 258 g/mol. The molecule has 15 heavy (non-hydrogen) atoms. The van der Waals surface area contributed by atoms with Crippen LogP contribution in [-0.2, 0) is 23.4 Å². The van der Waals surface area contributed by atoms with Gasteiger partial charge in [0.25, 0.3) is 0 Å². The van der Waals surface area contributed by atoms with Gasteiger partial charge in [-0.25, -0.2) is 4.57 Å². The van der Waals surface area contributed by atoms with Gasteiger partial charge in [-0.15, -0.1) is 0 Å². The second kappa shape index (κ2) is 7.46. The summed E-state index contributed by atoms with van der Waals surface area (Å²) in [7, 11) is -2.83. The number of phosphoric acid groups is 1. The van der Waals surface area contributed by atoms with Crippen LogP contribution in [0.25, 0.3) is 0 Å². The summed E-state index contributed by atoms with van der Waals surface area (Å²) in [5, 5.41) is 10.5. The van der Waals surface area contributed by atoms with Gasteiger partial charge in [-0.1, -0.05) is 0 Å². The quantitative estimate of drug-likeness (QED) is 0.278. The molecule has 0 fully saturated rings. The number of carbonyl (C=O) groups excluding carboxylic acids is 1. The minimum Gasteiger partial charge on any atom is -0.544 e. The molecule has 0 aliphatic heterocycles. The Bertz CT molecular complexity index is 245. The molecule has 0 atom stereocenters. The molecule has 0 aliphatic rings. The van der Waals surface area contributed by atoms with Gasteiger partial charge in [-0.2, -0.15) is 0 Å². The molecule has 0 saturated carbocycles. The zero-order valence-electron chi connectivity index (χ0n) is 8.50.